The molecular weight excluding hydrogens is 276 g/mol. The lowest BCUT2D eigenvalue weighted by Crippen LogP contribution is -2.47. The largest absolute Gasteiger partial charge is 0.373 e. The minimum absolute atomic E-state index is 0.0470. The summed E-state index contributed by atoms with van der Waals surface area (Å²) in [5.41, 5.74) is 0.502. The van der Waals surface area contributed by atoms with Gasteiger partial charge < -0.3 is 15.1 Å². The maximum Gasteiger partial charge on any atom is 0.255 e. The monoisotopic (exact) mass is 296 g/mol. The number of hydrogen-bond donors (Lipinski definition) is 1. The maximum atomic E-state index is 12.6. The molecule has 2 rings (SSSR count). The zero-order valence-corrected chi connectivity index (χ0v) is 12.9. The number of rotatable bonds is 3. The zero-order valence-electron chi connectivity index (χ0n) is 12.2. The van der Waals surface area contributed by atoms with E-state index in [1.54, 1.807) is 18.0 Å². The van der Waals surface area contributed by atoms with Crippen LogP contribution < -0.4 is 5.32 Å². The van der Waals surface area contributed by atoms with Crippen molar-refractivity contribution in [3.05, 3.63) is 22.8 Å². The van der Waals surface area contributed by atoms with Crippen LogP contribution in [-0.4, -0.2) is 61.0 Å². The molecular formula is C14H21ClN4O. The Morgan fingerprint density at radius 2 is 2.35 bits per heavy atom. The fourth-order valence-electron chi connectivity index (χ4n) is 2.55. The van der Waals surface area contributed by atoms with E-state index >= 15 is 0 Å². The average molecular weight is 297 g/mol. The van der Waals surface area contributed by atoms with Crippen LogP contribution in [0.2, 0.25) is 5.02 Å². The van der Waals surface area contributed by atoms with Crippen LogP contribution in [0.3, 0.4) is 0 Å². The number of aromatic nitrogens is 1. The lowest BCUT2D eigenvalue weighted by molar-refractivity contribution is 0.0644. The van der Waals surface area contributed by atoms with Crippen molar-refractivity contribution in [2.75, 3.05) is 39.5 Å². The quantitative estimate of drug-likeness (QED) is 0.926. The molecule has 1 aromatic heterocycles. The SMILES string of the molecule is CNc1cc(C(=O)N(C)C2CCCN(C)C2)c(Cl)cn1. The molecule has 0 radical (unpaired) electrons. The Labute approximate surface area is 124 Å². The van der Waals surface area contributed by atoms with Gasteiger partial charge in [0.05, 0.1) is 10.6 Å². The van der Waals surface area contributed by atoms with Gasteiger partial charge in [0.25, 0.3) is 5.91 Å². The van der Waals surface area contributed by atoms with E-state index in [9.17, 15) is 4.79 Å². The molecule has 1 saturated heterocycles. The minimum atomic E-state index is -0.0470. The van der Waals surface area contributed by atoms with E-state index in [1.165, 1.54) is 6.20 Å². The molecule has 0 aliphatic carbocycles. The number of hydrogen-bond acceptors (Lipinski definition) is 4. The molecule has 1 aliphatic heterocycles. The molecule has 0 bridgehead atoms. The summed E-state index contributed by atoms with van der Waals surface area (Å²) in [5, 5.41) is 3.32. The number of carbonyl (C=O) groups is 1. The Morgan fingerprint density at radius 3 is 3.00 bits per heavy atom. The number of piperidine rings is 1. The Balaban J connectivity index is 2.17. The third kappa shape index (κ3) is 3.22. The summed E-state index contributed by atoms with van der Waals surface area (Å²) in [6.07, 6.45) is 3.67. The highest BCUT2D eigenvalue weighted by Gasteiger charge is 2.26. The first-order valence-corrected chi connectivity index (χ1v) is 7.19. The predicted molar refractivity (Wildman–Crippen MR) is 81.4 cm³/mol. The van der Waals surface area contributed by atoms with Crippen LogP contribution in [0.15, 0.2) is 12.3 Å². The van der Waals surface area contributed by atoms with Gasteiger partial charge in [0.15, 0.2) is 0 Å². The lowest BCUT2D eigenvalue weighted by Gasteiger charge is -2.36. The van der Waals surface area contributed by atoms with Crippen LogP contribution in [0.5, 0.6) is 0 Å². The van der Waals surface area contributed by atoms with Gasteiger partial charge in [-0.2, -0.15) is 0 Å². The van der Waals surface area contributed by atoms with Crippen LogP contribution >= 0.6 is 11.6 Å². The number of likely N-dealkylation sites (N-methyl/N-ethyl adjacent to an activating group) is 2. The van der Waals surface area contributed by atoms with Gasteiger partial charge in [-0.15, -0.1) is 0 Å². The van der Waals surface area contributed by atoms with E-state index < -0.39 is 0 Å². The maximum absolute atomic E-state index is 12.6. The molecule has 1 aliphatic rings. The van der Waals surface area contributed by atoms with Gasteiger partial charge in [-0.05, 0) is 32.5 Å². The van der Waals surface area contributed by atoms with E-state index in [-0.39, 0.29) is 11.9 Å². The fourth-order valence-corrected chi connectivity index (χ4v) is 2.73. The highest BCUT2D eigenvalue weighted by molar-refractivity contribution is 6.33. The first-order valence-electron chi connectivity index (χ1n) is 6.82. The summed E-state index contributed by atoms with van der Waals surface area (Å²) in [7, 11) is 5.70. The highest BCUT2D eigenvalue weighted by Crippen LogP contribution is 2.22. The van der Waals surface area contributed by atoms with Crippen molar-refractivity contribution in [3.8, 4) is 0 Å². The molecule has 6 heteroatoms. The Hall–Kier alpha value is -1.33. The minimum Gasteiger partial charge on any atom is -0.373 e. The topological polar surface area (TPSA) is 48.5 Å². The van der Waals surface area contributed by atoms with Gasteiger partial charge in [-0.1, -0.05) is 11.6 Å². The average Bonchev–Trinajstić information content (AvgIpc) is 2.46. The van der Waals surface area contributed by atoms with Crippen molar-refractivity contribution in [2.45, 2.75) is 18.9 Å². The molecule has 1 fully saturated rings. The number of anilines is 1. The van der Waals surface area contributed by atoms with Crippen molar-refractivity contribution in [1.29, 1.82) is 0 Å². The highest BCUT2D eigenvalue weighted by atomic mass is 35.5. The molecule has 20 heavy (non-hydrogen) atoms. The number of likely N-dealkylation sites (tertiary alicyclic amines) is 1. The van der Waals surface area contributed by atoms with Gasteiger partial charge in [0.2, 0.25) is 0 Å². The summed E-state index contributed by atoms with van der Waals surface area (Å²) in [6.45, 7) is 2.00. The second-order valence-electron chi connectivity index (χ2n) is 5.27. The number of nitrogens with zero attached hydrogens (tertiary/aromatic N) is 3. The van der Waals surface area contributed by atoms with E-state index in [4.69, 9.17) is 11.6 Å². The van der Waals surface area contributed by atoms with Gasteiger partial charge in [0, 0.05) is 32.9 Å². The first-order chi connectivity index (χ1) is 9.52. The second kappa shape index (κ2) is 6.41. The molecule has 5 nitrogen and oxygen atoms in total. The van der Waals surface area contributed by atoms with Crippen molar-refractivity contribution >= 4 is 23.3 Å². The molecule has 110 valence electrons. The first kappa shape index (κ1) is 15.1. The standard InChI is InChI=1S/C14H21ClN4O/c1-16-13-7-11(12(15)8-17-13)14(20)19(3)10-5-4-6-18(2)9-10/h7-8,10H,4-6,9H2,1-3H3,(H,16,17). The number of carbonyl (C=O) groups excluding carboxylic acids is 1. The predicted octanol–water partition coefficient (Wildman–Crippen LogP) is 1.94. The van der Waals surface area contributed by atoms with Crippen LogP contribution in [0.4, 0.5) is 5.82 Å². The molecule has 1 aromatic rings. The smallest absolute Gasteiger partial charge is 0.255 e. The molecule has 2 heterocycles. The summed E-state index contributed by atoms with van der Waals surface area (Å²) in [5.74, 6) is 0.598. The number of pyridine rings is 1. The molecule has 0 spiro atoms. The van der Waals surface area contributed by atoms with Gasteiger partial charge in [-0.25, -0.2) is 4.98 Å². The van der Waals surface area contributed by atoms with Gasteiger partial charge >= 0.3 is 0 Å². The molecule has 1 amide bonds. The zero-order chi connectivity index (χ0) is 14.7. The summed E-state index contributed by atoms with van der Waals surface area (Å²) in [4.78, 5) is 20.8. The van der Waals surface area contributed by atoms with Crippen molar-refractivity contribution in [1.82, 2.24) is 14.8 Å². The third-order valence-corrected chi connectivity index (χ3v) is 4.11. The number of amides is 1. The fraction of sp³-hybridized carbons (Fsp3) is 0.571. The van der Waals surface area contributed by atoms with E-state index in [1.807, 2.05) is 7.05 Å². The van der Waals surface area contributed by atoms with E-state index in [0.717, 1.165) is 25.9 Å². The van der Waals surface area contributed by atoms with Crippen molar-refractivity contribution in [3.63, 3.8) is 0 Å². The van der Waals surface area contributed by atoms with Crippen LogP contribution in [0.25, 0.3) is 0 Å². The lowest BCUT2D eigenvalue weighted by atomic mass is 10.0. The molecule has 0 saturated carbocycles. The van der Waals surface area contributed by atoms with E-state index in [2.05, 4.69) is 22.2 Å². The Kier molecular flexibility index (Phi) is 4.83. The molecule has 1 unspecified atom stereocenters. The van der Waals surface area contributed by atoms with Crippen molar-refractivity contribution in [2.24, 2.45) is 0 Å². The molecule has 0 aromatic carbocycles. The van der Waals surface area contributed by atoms with Crippen LogP contribution in [0, 0.1) is 0 Å². The van der Waals surface area contributed by atoms with Gasteiger partial charge in [-0.3, -0.25) is 4.79 Å². The van der Waals surface area contributed by atoms with Crippen LogP contribution in [-0.2, 0) is 0 Å². The Bertz CT molecular complexity index is 494. The van der Waals surface area contributed by atoms with Crippen molar-refractivity contribution < 1.29 is 4.79 Å². The normalized spacial score (nSPS) is 19.7. The summed E-state index contributed by atoms with van der Waals surface area (Å²) in [6, 6.07) is 1.94. The second-order valence-corrected chi connectivity index (χ2v) is 5.68. The van der Waals surface area contributed by atoms with Crippen LogP contribution in [0.1, 0.15) is 23.2 Å². The number of halogens is 1. The number of nitrogens with one attached hydrogen (secondary N) is 1. The molecule has 1 atom stereocenters. The Morgan fingerprint density at radius 1 is 1.60 bits per heavy atom. The van der Waals surface area contributed by atoms with Gasteiger partial charge in [0.1, 0.15) is 5.82 Å². The third-order valence-electron chi connectivity index (χ3n) is 3.81. The van der Waals surface area contributed by atoms with E-state index in [0.29, 0.717) is 16.4 Å². The summed E-state index contributed by atoms with van der Waals surface area (Å²) < 4.78 is 0. The molecule has 1 N–H and O–H groups in total. The summed E-state index contributed by atoms with van der Waals surface area (Å²) >= 11 is 6.11.